The normalized spacial score (nSPS) is 15.6. The lowest BCUT2D eigenvalue weighted by Crippen LogP contribution is -2.35. The molecule has 1 aliphatic rings. The molecule has 0 saturated heterocycles. The van der Waals surface area contributed by atoms with Gasteiger partial charge in [-0.25, -0.2) is 0 Å². The zero-order chi connectivity index (χ0) is 20.8. The lowest BCUT2D eigenvalue weighted by atomic mass is 9.95. The summed E-state index contributed by atoms with van der Waals surface area (Å²) < 4.78 is 12.9. The predicted octanol–water partition coefficient (Wildman–Crippen LogP) is 0.985. The molecule has 0 atom stereocenters. The highest BCUT2D eigenvalue weighted by Gasteiger charge is 2.19. The lowest BCUT2D eigenvalue weighted by molar-refractivity contribution is 0.281. The van der Waals surface area contributed by atoms with Gasteiger partial charge in [0.15, 0.2) is 11.0 Å². The highest BCUT2D eigenvalue weighted by atomic mass is 16.5. The van der Waals surface area contributed by atoms with Gasteiger partial charge in [-0.2, -0.15) is 0 Å². The Hall–Kier alpha value is -2.51. The molecule has 0 amide bonds. The van der Waals surface area contributed by atoms with Crippen molar-refractivity contribution in [1.82, 2.24) is 4.57 Å². The molecular weight excluding hydrogens is 372 g/mol. The van der Waals surface area contributed by atoms with E-state index in [1.807, 2.05) is 23.1 Å². The molecule has 0 aliphatic heterocycles. The molecule has 0 radical (unpaired) electrons. The number of aliphatic hydroxyl groups is 2. The average molecular weight is 402 g/mol. The Balaban J connectivity index is 1.98. The van der Waals surface area contributed by atoms with Gasteiger partial charge in [-0.05, 0) is 37.6 Å². The Labute approximate surface area is 170 Å². The molecule has 1 aliphatic carbocycles. The molecule has 2 N–H and O–H groups in total. The number of aliphatic hydroxyl groups excluding tert-OH is 2. The zero-order valence-corrected chi connectivity index (χ0v) is 17.0. The second-order valence-corrected chi connectivity index (χ2v) is 7.33. The van der Waals surface area contributed by atoms with E-state index in [0.29, 0.717) is 29.9 Å². The third kappa shape index (κ3) is 4.74. The van der Waals surface area contributed by atoms with Crippen LogP contribution in [0.5, 0.6) is 5.75 Å². The molecule has 2 aromatic rings. The number of hydrogen-bond donors (Lipinski definition) is 2. The van der Waals surface area contributed by atoms with Gasteiger partial charge in [-0.3, -0.25) is 9.36 Å². The second kappa shape index (κ2) is 9.80. The minimum Gasteiger partial charge on any atom is -0.496 e. The largest absolute Gasteiger partial charge is 0.496 e. The average Bonchev–Trinajstić information content (AvgIpc) is 3.01. The monoisotopic (exact) mass is 402 g/mol. The summed E-state index contributed by atoms with van der Waals surface area (Å²) in [5.74, 6) is 0.578. The minimum absolute atomic E-state index is 0.0183. The molecule has 0 unspecified atom stereocenters. The SMILES string of the molecule is C=c1o/c(=C/c2ccc(N(CCO)CCO)cc2OC)c(=O)n1C1CCCCC1. The molecule has 1 saturated carbocycles. The standard InChI is InChI=1S/C22H30N2O5/c1-16-24(18-6-4-3-5-7-18)22(27)21(29-16)14-17-8-9-19(15-20(17)28-2)23(10-12-25)11-13-26/h8-9,14-15,18,25-26H,1,3-7,10-13H2,2H3/b21-14+. The first-order valence-electron chi connectivity index (χ1n) is 10.2. The highest BCUT2D eigenvalue weighted by Crippen LogP contribution is 2.27. The predicted molar refractivity (Wildman–Crippen MR) is 113 cm³/mol. The van der Waals surface area contributed by atoms with Crippen molar-refractivity contribution in [3.05, 3.63) is 45.1 Å². The fourth-order valence-corrected chi connectivity index (χ4v) is 4.02. The Morgan fingerprint density at radius 2 is 1.93 bits per heavy atom. The van der Waals surface area contributed by atoms with E-state index in [2.05, 4.69) is 6.58 Å². The van der Waals surface area contributed by atoms with E-state index in [0.717, 1.165) is 31.4 Å². The molecule has 7 nitrogen and oxygen atoms in total. The number of benzene rings is 1. The quantitative estimate of drug-likeness (QED) is 0.685. The molecule has 1 aromatic heterocycles. The van der Waals surface area contributed by atoms with Crippen LogP contribution >= 0.6 is 0 Å². The van der Waals surface area contributed by atoms with E-state index >= 15 is 0 Å². The van der Waals surface area contributed by atoms with Gasteiger partial charge in [-0.1, -0.05) is 19.3 Å². The zero-order valence-electron chi connectivity index (χ0n) is 17.0. The Morgan fingerprint density at radius 1 is 1.24 bits per heavy atom. The van der Waals surface area contributed by atoms with Crippen LogP contribution in [0.15, 0.2) is 27.4 Å². The molecule has 0 spiro atoms. The van der Waals surface area contributed by atoms with E-state index in [1.54, 1.807) is 17.8 Å². The topological polar surface area (TPSA) is 88.1 Å². The summed E-state index contributed by atoms with van der Waals surface area (Å²) in [7, 11) is 1.56. The number of rotatable bonds is 8. The summed E-state index contributed by atoms with van der Waals surface area (Å²) in [4.78, 5) is 14.8. The van der Waals surface area contributed by atoms with Crippen LogP contribution in [0.4, 0.5) is 5.69 Å². The molecule has 7 heteroatoms. The number of aromatic nitrogens is 1. The van der Waals surface area contributed by atoms with Gasteiger partial charge in [0.25, 0.3) is 5.56 Å². The number of nitrogens with zero attached hydrogens (tertiary/aromatic N) is 2. The van der Waals surface area contributed by atoms with Crippen LogP contribution in [0.2, 0.25) is 0 Å². The number of anilines is 1. The number of ether oxygens (including phenoxy) is 1. The first-order valence-corrected chi connectivity index (χ1v) is 10.2. The van der Waals surface area contributed by atoms with Crippen LogP contribution in [-0.4, -0.2) is 48.2 Å². The van der Waals surface area contributed by atoms with Gasteiger partial charge >= 0.3 is 0 Å². The smallest absolute Gasteiger partial charge is 0.296 e. The van der Waals surface area contributed by atoms with Gasteiger partial charge in [0, 0.05) is 36.4 Å². The Morgan fingerprint density at radius 3 is 2.55 bits per heavy atom. The molecule has 3 rings (SSSR count). The van der Waals surface area contributed by atoms with Crippen molar-refractivity contribution in [2.24, 2.45) is 0 Å². The van der Waals surface area contributed by atoms with Crippen LogP contribution in [0.25, 0.3) is 12.7 Å². The molecule has 158 valence electrons. The van der Waals surface area contributed by atoms with Crippen molar-refractivity contribution in [2.75, 3.05) is 38.3 Å². The minimum atomic E-state index is -0.157. The van der Waals surface area contributed by atoms with Crippen LogP contribution in [-0.2, 0) is 0 Å². The van der Waals surface area contributed by atoms with E-state index in [1.165, 1.54) is 6.42 Å². The molecular formula is C22H30N2O5. The van der Waals surface area contributed by atoms with Crippen molar-refractivity contribution < 1.29 is 19.4 Å². The van der Waals surface area contributed by atoms with Crippen LogP contribution in [0, 0.1) is 0 Å². The van der Waals surface area contributed by atoms with Gasteiger partial charge in [0.2, 0.25) is 0 Å². The number of hydrogen-bond acceptors (Lipinski definition) is 6. The van der Waals surface area contributed by atoms with Crippen molar-refractivity contribution in [1.29, 1.82) is 0 Å². The van der Waals surface area contributed by atoms with Gasteiger partial charge in [-0.15, -0.1) is 0 Å². The van der Waals surface area contributed by atoms with Crippen molar-refractivity contribution in [3.63, 3.8) is 0 Å². The van der Waals surface area contributed by atoms with Crippen molar-refractivity contribution in [2.45, 2.75) is 38.1 Å². The number of oxazole rings is 1. The summed E-state index contributed by atoms with van der Waals surface area (Å²) in [5.41, 5.74) is 2.01. The summed E-state index contributed by atoms with van der Waals surface area (Å²) in [6, 6.07) is 5.69. The third-order valence-electron chi connectivity index (χ3n) is 5.47. The van der Waals surface area contributed by atoms with E-state index < -0.39 is 0 Å². The molecule has 1 fully saturated rings. The first-order chi connectivity index (χ1) is 14.1. The molecule has 29 heavy (non-hydrogen) atoms. The maximum Gasteiger partial charge on any atom is 0.296 e. The number of methoxy groups -OCH3 is 1. The lowest BCUT2D eigenvalue weighted by Gasteiger charge is -2.23. The summed E-state index contributed by atoms with van der Waals surface area (Å²) >= 11 is 0. The fourth-order valence-electron chi connectivity index (χ4n) is 4.02. The Kier molecular flexibility index (Phi) is 7.17. The van der Waals surface area contributed by atoms with Gasteiger partial charge in [0.1, 0.15) is 5.75 Å². The molecule has 1 heterocycles. The van der Waals surface area contributed by atoms with Crippen LogP contribution < -0.4 is 26.2 Å². The van der Waals surface area contributed by atoms with E-state index in [9.17, 15) is 15.0 Å². The van der Waals surface area contributed by atoms with Gasteiger partial charge in [0.05, 0.1) is 20.3 Å². The van der Waals surface area contributed by atoms with Crippen molar-refractivity contribution in [3.8, 4) is 5.75 Å². The van der Waals surface area contributed by atoms with Crippen LogP contribution in [0.1, 0.15) is 43.7 Å². The maximum absolute atomic E-state index is 12.9. The van der Waals surface area contributed by atoms with Crippen LogP contribution in [0.3, 0.4) is 0 Å². The van der Waals surface area contributed by atoms with Crippen molar-refractivity contribution >= 4 is 18.3 Å². The highest BCUT2D eigenvalue weighted by molar-refractivity contribution is 5.63. The summed E-state index contributed by atoms with van der Waals surface area (Å²) in [5, 5.41) is 18.5. The fraction of sp³-hybridized carbons (Fsp3) is 0.500. The molecule has 1 aromatic carbocycles. The molecule has 0 bridgehead atoms. The Bertz CT molecular complexity index is 966. The third-order valence-corrected chi connectivity index (χ3v) is 5.47. The maximum atomic E-state index is 12.9. The summed E-state index contributed by atoms with van der Waals surface area (Å²) in [6.07, 6.45) is 7.08. The summed E-state index contributed by atoms with van der Waals surface area (Å²) in [6.45, 7) is 4.70. The van der Waals surface area contributed by atoms with E-state index in [-0.39, 0.29) is 30.2 Å². The first kappa shape index (κ1) is 21.2. The second-order valence-electron chi connectivity index (χ2n) is 7.33. The van der Waals surface area contributed by atoms with Gasteiger partial charge < -0.3 is 24.3 Å². The van der Waals surface area contributed by atoms with E-state index in [4.69, 9.17) is 9.15 Å².